The highest BCUT2D eigenvalue weighted by Crippen LogP contribution is 2.32. The molecule has 2 aliphatic rings. The van der Waals surface area contributed by atoms with Crippen molar-refractivity contribution in [1.29, 1.82) is 0 Å². The van der Waals surface area contributed by atoms with Gasteiger partial charge in [-0.15, -0.1) is 0 Å². The fourth-order valence-electron chi connectivity index (χ4n) is 5.17. The molecule has 3 aromatic rings. The summed E-state index contributed by atoms with van der Waals surface area (Å²) in [6.07, 6.45) is 10.9. The largest absolute Gasteiger partial charge is 0.376 e. The van der Waals surface area contributed by atoms with Gasteiger partial charge in [-0.2, -0.15) is 0 Å². The van der Waals surface area contributed by atoms with Gasteiger partial charge in [0.2, 0.25) is 5.91 Å². The predicted molar refractivity (Wildman–Crippen MR) is 128 cm³/mol. The zero-order chi connectivity index (χ0) is 21.8. The van der Waals surface area contributed by atoms with Crippen LogP contribution in [0.25, 0.3) is 11.0 Å². The highest BCUT2D eigenvalue weighted by molar-refractivity contribution is 5.87. The minimum atomic E-state index is 0.0745. The van der Waals surface area contributed by atoms with Gasteiger partial charge in [-0.25, -0.2) is 9.97 Å². The molecule has 0 bridgehead atoms. The summed E-state index contributed by atoms with van der Waals surface area (Å²) in [6.45, 7) is 3.07. The molecule has 1 amide bonds. The normalized spacial score (nSPS) is 19.4. The van der Waals surface area contributed by atoms with Crippen LogP contribution in [0.15, 0.2) is 42.9 Å². The lowest BCUT2D eigenvalue weighted by molar-refractivity contribution is -0.119. The van der Waals surface area contributed by atoms with E-state index in [4.69, 9.17) is 0 Å². The Bertz CT molecular complexity index is 1060. The lowest BCUT2D eigenvalue weighted by Crippen LogP contribution is -2.35. The SMILES string of the molecule is O=C(CNc1cccc(C2CCCN(c3ncnc4[nH]ccc34)C2)c1)NCC1CCCC1. The number of aromatic amines is 1. The van der Waals surface area contributed by atoms with Crippen molar-refractivity contribution >= 4 is 28.4 Å². The number of piperidine rings is 1. The van der Waals surface area contributed by atoms with Crippen LogP contribution < -0.4 is 15.5 Å². The van der Waals surface area contributed by atoms with E-state index >= 15 is 0 Å². The van der Waals surface area contributed by atoms with E-state index in [-0.39, 0.29) is 5.91 Å². The molecule has 1 saturated heterocycles. The van der Waals surface area contributed by atoms with Crippen molar-refractivity contribution in [2.24, 2.45) is 5.92 Å². The minimum Gasteiger partial charge on any atom is -0.376 e. The van der Waals surface area contributed by atoms with Gasteiger partial charge in [0.05, 0.1) is 11.9 Å². The summed E-state index contributed by atoms with van der Waals surface area (Å²) in [5, 5.41) is 7.48. The van der Waals surface area contributed by atoms with E-state index in [9.17, 15) is 4.79 Å². The van der Waals surface area contributed by atoms with Crippen LogP contribution in [-0.2, 0) is 4.79 Å². The van der Waals surface area contributed by atoms with Crippen molar-refractivity contribution in [3.05, 3.63) is 48.4 Å². The molecule has 1 atom stereocenters. The predicted octanol–water partition coefficient (Wildman–Crippen LogP) is 4.06. The number of rotatable bonds is 7. The highest BCUT2D eigenvalue weighted by Gasteiger charge is 2.24. The molecule has 2 fully saturated rings. The number of hydrogen-bond donors (Lipinski definition) is 3. The van der Waals surface area contributed by atoms with Crippen molar-refractivity contribution in [3.8, 4) is 0 Å². The van der Waals surface area contributed by atoms with E-state index < -0.39 is 0 Å². The molecule has 0 spiro atoms. The number of amides is 1. The zero-order valence-corrected chi connectivity index (χ0v) is 18.5. The molecule has 1 aromatic carbocycles. The summed E-state index contributed by atoms with van der Waals surface area (Å²) in [5.41, 5.74) is 3.20. The molecule has 1 saturated carbocycles. The number of H-pyrrole nitrogens is 1. The van der Waals surface area contributed by atoms with Crippen LogP contribution in [0.4, 0.5) is 11.5 Å². The van der Waals surface area contributed by atoms with Gasteiger partial charge >= 0.3 is 0 Å². The Morgan fingerprint density at radius 1 is 1.12 bits per heavy atom. The highest BCUT2D eigenvalue weighted by atomic mass is 16.1. The van der Waals surface area contributed by atoms with E-state index in [1.807, 2.05) is 12.3 Å². The first kappa shape index (κ1) is 20.8. The minimum absolute atomic E-state index is 0.0745. The van der Waals surface area contributed by atoms with Crippen molar-refractivity contribution in [3.63, 3.8) is 0 Å². The van der Waals surface area contributed by atoms with Crippen LogP contribution in [0.2, 0.25) is 0 Å². The number of fused-ring (bicyclic) bond motifs is 1. The van der Waals surface area contributed by atoms with Gasteiger partial charge in [-0.3, -0.25) is 4.79 Å². The first-order valence-corrected chi connectivity index (χ1v) is 11.9. The first-order valence-electron chi connectivity index (χ1n) is 11.9. The maximum absolute atomic E-state index is 12.2. The van der Waals surface area contributed by atoms with Gasteiger partial charge in [0, 0.05) is 37.4 Å². The van der Waals surface area contributed by atoms with Gasteiger partial charge in [-0.05, 0) is 55.4 Å². The van der Waals surface area contributed by atoms with Crippen molar-refractivity contribution < 1.29 is 4.79 Å². The summed E-state index contributed by atoms with van der Waals surface area (Å²) in [5.74, 6) is 2.18. The van der Waals surface area contributed by atoms with E-state index in [0.717, 1.165) is 55.0 Å². The molecule has 5 rings (SSSR count). The Morgan fingerprint density at radius 3 is 2.94 bits per heavy atom. The molecular formula is C25H32N6O. The number of carbonyl (C=O) groups excluding carboxylic acids is 1. The maximum Gasteiger partial charge on any atom is 0.239 e. The topological polar surface area (TPSA) is 85.9 Å². The van der Waals surface area contributed by atoms with Gasteiger partial charge < -0.3 is 20.5 Å². The third-order valence-electron chi connectivity index (χ3n) is 6.93. The van der Waals surface area contributed by atoms with Crippen LogP contribution in [0.1, 0.15) is 50.0 Å². The van der Waals surface area contributed by atoms with Crippen molar-refractivity contribution in [2.75, 3.05) is 36.4 Å². The average Bonchev–Trinajstić information content (AvgIpc) is 3.53. The fraction of sp³-hybridized carbons (Fsp3) is 0.480. The van der Waals surface area contributed by atoms with Crippen LogP contribution in [-0.4, -0.2) is 47.0 Å². The monoisotopic (exact) mass is 432 g/mol. The lowest BCUT2D eigenvalue weighted by atomic mass is 9.90. The molecule has 3 heterocycles. The molecule has 0 radical (unpaired) electrons. The maximum atomic E-state index is 12.2. The molecule has 32 heavy (non-hydrogen) atoms. The van der Waals surface area contributed by atoms with Crippen molar-refractivity contribution in [1.82, 2.24) is 20.3 Å². The number of carbonyl (C=O) groups is 1. The molecule has 2 aromatic heterocycles. The van der Waals surface area contributed by atoms with Crippen LogP contribution in [0.3, 0.4) is 0 Å². The Kier molecular flexibility index (Phi) is 6.23. The van der Waals surface area contributed by atoms with Crippen LogP contribution in [0.5, 0.6) is 0 Å². The van der Waals surface area contributed by atoms with Gasteiger partial charge in [0.15, 0.2) is 0 Å². The van der Waals surface area contributed by atoms with Crippen LogP contribution in [0, 0.1) is 5.92 Å². The lowest BCUT2D eigenvalue weighted by Gasteiger charge is -2.34. The standard InChI is InChI=1S/C25H32N6O/c32-23(28-14-18-5-1-2-6-18)15-27-21-9-3-7-19(13-21)20-8-4-12-31(16-20)25-22-10-11-26-24(22)29-17-30-25/h3,7,9-11,13,17-18,20,27H,1-2,4-6,8,12,14-16H2,(H,28,32)(H,26,29,30). The summed E-state index contributed by atoms with van der Waals surface area (Å²) >= 11 is 0. The molecule has 1 unspecified atom stereocenters. The molecule has 7 heteroatoms. The summed E-state index contributed by atoms with van der Waals surface area (Å²) < 4.78 is 0. The van der Waals surface area contributed by atoms with E-state index in [0.29, 0.717) is 18.4 Å². The fourth-order valence-corrected chi connectivity index (χ4v) is 5.17. The second-order valence-corrected chi connectivity index (χ2v) is 9.16. The van der Waals surface area contributed by atoms with Crippen LogP contribution >= 0.6 is 0 Å². The average molecular weight is 433 g/mol. The quantitative estimate of drug-likeness (QED) is 0.524. The van der Waals surface area contributed by atoms with E-state index in [1.54, 1.807) is 6.33 Å². The second-order valence-electron chi connectivity index (χ2n) is 9.16. The Balaban J connectivity index is 1.20. The number of benzene rings is 1. The Morgan fingerprint density at radius 2 is 2.03 bits per heavy atom. The number of hydrogen-bond acceptors (Lipinski definition) is 5. The Labute approximate surface area is 189 Å². The molecule has 1 aliphatic heterocycles. The van der Waals surface area contributed by atoms with Gasteiger partial charge in [0.1, 0.15) is 17.8 Å². The van der Waals surface area contributed by atoms with E-state index in [2.05, 4.69) is 54.8 Å². The van der Waals surface area contributed by atoms with Gasteiger partial charge in [0.25, 0.3) is 0 Å². The number of nitrogens with zero attached hydrogens (tertiary/aromatic N) is 3. The Hall–Kier alpha value is -3.09. The molecule has 3 N–H and O–H groups in total. The summed E-state index contributed by atoms with van der Waals surface area (Å²) in [6, 6.07) is 10.6. The molecular weight excluding hydrogens is 400 g/mol. The zero-order valence-electron chi connectivity index (χ0n) is 18.5. The molecule has 7 nitrogen and oxygen atoms in total. The summed E-state index contributed by atoms with van der Waals surface area (Å²) in [4.78, 5) is 26.7. The molecule has 168 valence electrons. The molecule has 1 aliphatic carbocycles. The number of aromatic nitrogens is 3. The van der Waals surface area contributed by atoms with Crippen molar-refractivity contribution in [2.45, 2.75) is 44.4 Å². The third kappa shape index (κ3) is 4.71. The summed E-state index contributed by atoms with van der Waals surface area (Å²) in [7, 11) is 0. The third-order valence-corrected chi connectivity index (χ3v) is 6.93. The first-order chi connectivity index (χ1) is 15.8. The van der Waals surface area contributed by atoms with E-state index in [1.165, 1.54) is 31.2 Å². The number of anilines is 2. The van der Waals surface area contributed by atoms with Gasteiger partial charge in [-0.1, -0.05) is 25.0 Å². The number of nitrogens with one attached hydrogen (secondary N) is 3. The second kappa shape index (κ2) is 9.59. The smallest absolute Gasteiger partial charge is 0.239 e.